The monoisotopic (exact) mass is 611 g/mol. The van der Waals surface area contributed by atoms with Crippen LogP contribution >= 0.6 is 0 Å². The molecule has 1 aliphatic heterocycles. The van der Waals surface area contributed by atoms with Crippen molar-refractivity contribution in [3.63, 3.8) is 0 Å². The lowest BCUT2D eigenvalue weighted by Gasteiger charge is -2.43. The van der Waals surface area contributed by atoms with Crippen molar-refractivity contribution >= 4 is 30.1 Å². The van der Waals surface area contributed by atoms with E-state index in [1.54, 1.807) is 81.4 Å². The molecule has 1 aliphatic rings. The zero-order chi connectivity index (χ0) is 32.3. The van der Waals surface area contributed by atoms with Gasteiger partial charge in [-0.3, -0.25) is 5.41 Å². The number of guanidine groups is 1. The molecule has 0 unspecified atom stereocenters. The van der Waals surface area contributed by atoms with E-state index in [-0.39, 0.29) is 18.1 Å². The highest BCUT2D eigenvalue weighted by Gasteiger charge is 2.62. The van der Waals surface area contributed by atoms with E-state index >= 15 is 0 Å². The minimum absolute atomic E-state index is 0.284. The average molecular weight is 612 g/mol. The summed E-state index contributed by atoms with van der Waals surface area (Å²) in [5, 5.41) is 11.6. The van der Waals surface area contributed by atoms with Crippen molar-refractivity contribution in [1.82, 2.24) is 15.1 Å². The highest BCUT2D eigenvalue weighted by molar-refractivity contribution is 6.12. The lowest BCUT2D eigenvalue weighted by molar-refractivity contribution is -0.174. The summed E-state index contributed by atoms with van der Waals surface area (Å²) in [6.45, 7) is 4.41. The molecule has 0 bridgehead atoms. The Bertz CT molecular complexity index is 1300. The van der Waals surface area contributed by atoms with Gasteiger partial charge in [0, 0.05) is 12.6 Å². The summed E-state index contributed by atoms with van der Waals surface area (Å²) in [6, 6.07) is 16.8. The molecule has 2 aromatic rings. The zero-order valence-electron chi connectivity index (χ0n) is 25.5. The number of nitrogens with one attached hydrogen (secondary N) is 2. The van der Waals surface area contributed by atoms with Crippen LogP contribution in [0.2, 0.25) is 0 Å². The molecule has 13 nitrogen and oxygen atoms in total. The number of carbonyl (C=O) groups excluding carboxylic acids is 4. The van der Waals surface area contributed by atoms with Crippen LogP contribution in [0.1, 0.15) is 44.7 Å². The van der Waals surface area contributed by atoms with Gasteiger partial charge in [0.1, 0.15) is 18.8 Å². The van der Waals surface area contributed by atoms with E-state index in [1.165, 1.54) is 4.90 Å². The summed E-state index contributed by atoms with van der Waals surface area (Å²) < 4.78 is 21.7. The van der Waals surface area contributed by atoms with Gasteiger partial charge in [-0.2, -0.15) is 4.90 Å². The first-order chi connectivity index (χ1) is 20.9. The molecule has 4 N–H and O–H groups in total. The first-order valence-corrected chi connectivity index (χ1v) is 14.2. The second-order valence-electron chi connectivity index (χ2n) is 11.3. The Morgan fingerprint density at radius 2 is 1.48 bits per heavy atom. The van der Waals surface area contributed by atoms with Gasteiger partial charge in [-0.1, -0.05) is 60.7 Å². The number of benzene rings is 2. The van der Waals surface area contributed by atoms with E-state index in [9.17, 15) is 19.2 Å². The normalized spacial score (nSPS) is 16.0. The molecule has 1 fully saturated rings. The van der Waals surface area contributed by atoms with Crippen LogP contribution in [0.4, 0.5) is 9.59 Å². The molecule has 2 atom stereocenters. The molecule has 0 aliphatic carbocycles. The standard InChI is InChI=1S/C31H41N5O8/c1-30(2,3)44-29(40)36(28(39)43-20-23-14-9-6-10-15-23)31(25(37)41-4,26(38)42-19-22-12-7-5-8-13-22)21-35(27(32)33)24-16-11-17-34-18-24/h5-10,12-15,24,34H,11,16-21H2,1-4H3,(H3,32,33)/t24-,31+/m0/s1. The number of nitrogens with two attached hydrogens (primary N) is 1. The molecular formula is C31H41N5O8. The van der Waals surface area contributed by atoms with Crippen molar-refractivity contribution < 1.29 is 38.1 Å². The summed E-state index contributed by atoms with van der Waals surface area (Å²) in [5.74, 6) is -3.11. The maximum atomic E-state index is 14.2. The summed E-state index contributed by atoms with van der Waals surface area (Å²) in [6.07, 6.45) is -1.46. The number of imide groups is 1. The fourth-order valence-electron chi connectivity index (χ4n) is 4.71. The van der Waals surface area contributed by atoms with Crippen molar-refractivity contribution in [2.75, 3.05) is 26.7 Å². The van der Waals surface area contributed by atoms with E-state index in [0.29, 0.717) is 30.5 Å². The lowest BCUT2D eigenvalue weighted by Crippen LogP contribution is -2.71. The van der Waals surface area contributed by atoms with Crippen LogP contribution in [0.3, 0.4) is 0 Å². The van der Waals surface area contributed by atoms with Gasteiger partial charge in [0.25, 0.3) is 5.54 Å². The number of piperidine rings is 1. The molecule has 1 heterocycles. The number of hydrogen-bond acceptors (Lipinski definition) is 10. The molecule has 0 aromatic heterocycles. The highest BCUT2D eigenvalue weighted by atomic mass is 16.6. The van der Waals surface area contributed by atoms with E-state index < -0.39 is 53.8 Å². The molecule has 0 radical (unpaired) electrons. The first-order valence-electron chi connectivity index (χ1n) is 14.2. The Kier molecular flexibility index (Phi) is 11.7. The quantitative estimate of drug-likeness (QED) is 0.118. The smallest absolute Gasteiger partial charge is 0.421 e. The van der Waals surface area contributed by atoms with Crippen LogP contribution < -0.4 is 11.1 Å². The van der Waals surface area contributed by atoms with Gasteiger partial charge in [0.2, 0.25) is 0 Å². The Balaban J connectivity index is 2.17. The SMILES string of the molecule is COC(=O)[C@](CN(C(=N)N)[C@H]1CCCNC1)(C(=O)OCc1ccccc1)N(C(=O)OCc1ccccc1)C(=O)OC(C)(C)C. The number of hydrogen-bond donors (Lipinski definition) is 3. The highest BCUT2D eigenvalue weighted by Crippen LogP contribution is 2.29. The number of rotatable bonds is 10. The Labute approximate surface area is 257 Å². The number of esters is 2. The van der Waals surface area contributed by atoms with Gasteiger partial charge >= 0.3 is 24.1 Å². The summed E-state index contributed by atoms with van der Waals surface area (Å²) in [5.41, 5.74) is 3.17. The van der Waals surface area contributed by atoms with Crippen molar-refractivity contribution in [1.29, 1.82) is 5.41 Å². The molecule has 238 valence electrons. The molecule has 3 rings (SSSR count). The second-order valence-corrected chi connectivity index (χ2v) is 11.3. The van der Waals surface area contributed by atoms with Gasteiger partial charge in [-0.15, -0.1) is 0 Å². The minimum atomic E-state index is -2.83. The van der Waals surface area contributed by atoms with Gasteiger partial charge in [0.05, 0.1) is 13.7 Å². The van der Waals surface area contributed by atoms with Crippen molar-refractivity contribution in [2.45, 2.75) is 64.0 Å². The van der Waals surface area contributed by atoms with Crippen LogP contribution in [0.15, 0.2) is 60.7 Å². The number of amides is 2. The third-order valence-electron chi connectivity index (χ3n) is 6.84. The molecular weight excluding hydrogens is 570 g/mol. The van der Waals surface area contributed by atoms with Crippen LogP contribution in [0, 0.1) is 5.41 Å². The van der Waals surface area contributed by atoms with Crippen LogP contribution in [0.5, 0.6) is 0 Å². The fraction of sp³-hybridized carbons (Fsp3) is 0.452. The van der Waals surface area contributed by atoms with Gasteiger partial charge in [0.15, 0.2) is 5.96 Å². The summed E-state index contributed by atoms with van der Waals surface area (Å²) >= 11 is 0. The summed E-state index contributed by atoms with van der Waals surface area (Å²) in [4.78, 5) is 57.4. The van der Waals surface area contributed by atoms with Gasteiger partial charge in [-0.05, 0) is 51.3 Å². The number of ether oxygens (including phenoxy) is 4. The first kappa shape index (κ1) is 33.8. The largest absolute Gasteiger partial charge is 0.467 e. The minimum Gasteiger partial charge on any atom is -0.467 e. The summed E-state index contributed by atoms with van der Waals surface area (Å²) in [7, 11) is 1.00. The van der Waals surface area contributed by atoms with Crippen molar-refractivity contribution in [2.24, 2.45) is 5.73 Å². The predicted octanol–water partition coefficient (Wildman–Crippen LogP) is 3.16. The molecule has 1 saturated heterocycles. The van der Waals surface area contributed by atoms with Crippen LogP contribution in [-0.4, -0.2) is 83.8 Å². The van der Waals surface area contributed by atoms with Crippen molar-refractivity contribution in [3.05, 3.63) is 71.8 Å². The van der Waals surface area contributed by atoms with Gasteiger partial charge < -0.3 is 34.9 Å². The Morgan fingerprint density at radius 3 is 1.95 bits per heavy atom. The fourth-order valence-corrected chi connectivity index (χ4v) is 4.71. The molecule has 44 heavy (non-hydrogen) atoms. The van der Waals surface area contributed by atoms with E-state index in [1.807, 2.05) is 0 Å². The number of methoxy groups -OCH3 is 1. The zero-order valence-corrected chi connectivity index (χ0v) is 25.5. The van der Waals surface area contributed by atoms with Crippen LogP contribution in [0.25, 0.3) is 0 Å². The second kappa shape index (κ2) is 15.2. The van der Waals surface area contributed by atoms with E-state index in [0.717, 1.165) is 13.7 Å². The number of carbonyl (C=O) groups is 4. The molecule has 2 amide bonds. The topological polar surface area (TPSA) is 174 Å². The average Bonchev–Trinajstić information content (AvgIpc) is 3.00. The third kappa shape index (κ3) is 8.69. The molecule has 2 aromatic carbocycles. The Hall–Kier alpha value is -4.65. The van der Waals surface area contributed by atoms with E-state index in [2.05, 4.69) is 5.32 Å². The molecule has 0 saturated carbocycles. The lowest BCUT2D eigenvalue weighted by atomic mass is 9.94. The van der Waals surface area contributed by atoms with Crippen LogP contribution in [-0.2, 0) is 41.8 Å². The molecule has 0 spiro atoms. The maximum absolute atomic E-state index is 14.2. The number of nitrogens with zero attached hydrogens (tertiary/aromatic N) is 2. The van der Waals surface area contributed by atoms with Crippen molar-refractivity contribution in [3.8, 4) is 0 Å². The van der Waals surface area contributed by atoms with E-state index in [4.69, 9.17) is 30.1 Å². The predicted molar refractivity (Wildman–Crippen MR) is 160 cm³/mol. The molecule has 13 heteroatoms. The maximum Gasteiger partial charge on any atom is 0.421 e. The van der Waals surface area contributed by atoms with Gasteiger partial charge in [-0.25, -0.2) is 19.2 Å². The third-order valence-corrected chi connectivity index (χ3v) is 6.84. The Morgan fingerprint density at radius 1 is 0.909 bits per heavy atom.